The summed E-state index contributed by atoms with van der Waals surface area (Å²) in [5.74, 6) is -1.64. The van der Waals surface area contributed by atoms with Gasteiger partial charge in [0.05, 0.1) is 15.5 Å². The predicted octanol–water partition coefficient (Wildman–Crippen LogP) is 1.72. The zero-order valence-corrected chi connectivity index (χ0v) is 13.4. The van der Waals surface area contributed by atoms with Crippen molar-refractivity contribution in [1.82, 2.24) is 4.72 Å². The van der Waals surface area contributed by atoms with Crippen molar-refractivity contribution >= 4 is 19.9 Å². The van der Waals surface area contributed by atoms with Crippen molar-refractivity contribution in [2.24, 2.45) is 0 Å². The molecular formula is C14H13F2NO4S2. The highest BCUT2D eigenvalue weighted by Crippen LogP contribution is 2.12. The van der Waals surface area contributed by atoms with Crippen LogP contribution in [0.1, 0.15) is 0 Å². The Kier molecular flexibility index (Phi) is 5.12. The molecule has 0 fully saturated rings. The second kappa shape index (κ2) is 6.73. The summed E-state index contributed by atoms with van der Waals surface area (Å²) >= 11 is 0. The molecule has 2 aromatic rings. The van der Waals surface area contributed by atoms with E-state index < -0.39 is 37.2 Å². The van der Waals surface area contributed by atoms with Gasteiger partial charge in [0.1, 0.15) is 11.6 Å². The van der Waals surface area contributed by atoms with E-state index in [0.717, 1.165) is 48.5 Å². The highest BCUT2D eigenvalue weighted by Gasteiger charge is 2.18. The van der Waals surface area contributed by atoms with E-state index in [1.807, 2.05) is 0 Å². The van der Waals surface area contributed by atoms with E-state index in [1.165, 1.54) is 0 Å². The smallest absolute Gasteiger partial charge is 0.224 e. The summed E-state index contributed by atoms with van der Waals surface area (Å²) in [6, 6.07) is 8.37. The molecule has 0 radical (unpaired) electrons. The van der Waals surface area contributed by atoms with Gasteiger partial charge in [0.15, 0.2) is 9.84 Å². The number of sulfonamides is 1. The molecule has 0 amide bonds. The standard InChI is InChI=1S/C14H13F2NO4S2/c15-11-1-5-13(6-2-11)22(18,19)10-9-17-23(20,21)14-7-3-12(16)4-8-14/h1-8,17H,9-10H2. The van der Waals surface area contributed by atoms with Crippen LogP contribution < -0.4 is 4.72 Å². The van der Waals surface area contributed by atoms with Crippen LogP contribution in [0.5, 0.6) is 0 Å². The first-order valence-electron chi connectivity index (χ1n) is 6.44. The highest BCUT2D eigenvalue weighted by atomic mass is 32.2. The van der Waals surface area contributed by atoms with Gasteiger partial charge in [-0.25, -0.2) is 30.3 Å². The maximum atomic E-state index is 12.8. The Balaban J connectivity index is 2.03. The fourth-order valence-electron chi connectivity index (χ4n) is 1.77. The first kappa shape index (κ1) is 17.5. The predicted molar refractivity (Wildman–Crippen MR) is 80.0 cm³/mol. The van der Waals surface area contributed by atoms with Crippen LogP contribution in [0.2, 0.25) is 0 Å². The van der Waals surface area contributed by atoms with Crippen molar-refractivity contribution in [2.75, 3.05) is 12.3 Å². The third-order valence-electron chi connectivity index (χ3n) is 2.96. The molecule has 2 aromatic carbocycles. The zero-order valence-electron chi connectivity index (χ0n) is 11.7. The van der Waals surface area contributed by atoms with E-state index in [9.17, 15) is 25.6 Å². The van der Waals surface area contributed by atoms with Gasteiger partial charge >= 0.3 is 0 Å². The van der Waals surface area contributed by atoms with Crippen molar-refractivity contribution in [3.8, 4) is 0 Å². The Morgan fingerprint density at radius 2 is 1.17 bits per heavy atom. The van der Waals surface area contributed by atoms with Gasteiger partial charge in [-0.3, -0.25) is 0 Å². The Morgan fingerprint density at radius 1 is 0.739 bits per heavy atom. The van der Waals surface area contributed by atoms with Gasteiger partial charge < -0.3 is 0 Å². The maximum Gasteiger partial charge on any atom is 0.240 e. The lowest BCUT2D eigenvalue weighted by Crippen LogP contribution is -2.29. The third-order valence-corrected chi connectivity index (χ3v) is 6.17. The molecule has 1 N–H and O–H groups in total. The van der Waals surface area contributed by atoms with E-state index in [-0.39, 0.29) is 16.3 Å². The molecule has 0 saturated heterocycles. The summed E-state index contributed by atoms with van der Waals surface area (Å²) in [7, 11) is -7.67. The van der Waals surface area contributed by atoms with E-state index in [4.69, 9.17) is 0 Å². The van der Waals surface area contributed by atoms with Gasteiger partial charge in [-0.1, -0.05) is 0 Å². The van der Waals surface area contributed by atoms with Crippen LogP contribution in [-0.2, 0) is 19.9 Å². The largest absolute Gasteiger partial charge is 0.240 e. The Morgan fingerprint density at radius 3 is 1.65 bits per heavy atom. The average Bonchev–Trinajstić information content (AvgIpc) is 2.47. The van der Waals surface area contributed by atoms with Gasteiger partial charge in [0, 0.05) is 6.54 Å². The molecule has 0 atom stereocenters. The number of benzene rings is 2. The summed E-state index contributed by atoms with van der Waals surface area (Å²) in [5.41, 5.74) is 0. The zero-order chi connectivity index (χ0) is 17.1. The molecular weight excluding hydrogens is 348 g/mol. The van der Waals surface area contributed by atoms with Gasteiger partial charge in [-0.2, -0.15) is 0 Å². The van der Waals surface area contributed by atoms with E-state index >= 15 is 0 Å². The fourth-order valence-corrected chi connectivity index (χ4v) is 4.09. The van der Waals surface area contributed by atoms with Crippen LogP contribution in [0.3, 0.4) is 0 Å². The van der Waals surface area contributed by atoms with Gasteiger partial charge in [0.2, 0.25) is 10.0 Å². The SMILES string of the molecule is O=S(=O)(CCNS(=O)(=O)c1ccc(F)cc1)c1ccc(F)cc1. The van der Waals surface area contributed by atoms with Gasteiger partial charge in [0.25, 0.3) is 0 Å². The van der Waals surface area contributed by atoms with Crippen LogP contribution >= 0.6 is 0 Å². The summed E-state index contributed by atoms with van der Waals surface area (Å²) in [4.78, 5) is -0.266. The fraction of sp³-hybridized carbons (Fsp3) is 0.143. The van der Waals surface area contributed by atoms with Crippen LogP contribution in [0.25, 0.3) is 0 Å². The topological polar surface area (TPSA) is 80.3 Å². The van der Waals surface area contributed by atoms with Crippen LogP contribution in [0, 0.1) is 11.6 Å². The summed E-state index contributed by atoms with van der Waals surface area (Å²) in [6.45, 7) is -0.362. The number of hydrogen-bond acceptors (Lipinski definition) is 4. The van der Waals surface area contributed by atoms with E-state index in [0.29, 0.717) is 0 Å². The minimum absolute atomic E-state index is 0.0973. The number of rotatable bonds is 6. The van der Waals surface area contributed by atoms with Crippen molar-refractivity contribution in [3.63, 3.8) is 0 Å². The number of halogens is 2. The summed E-state index contributed by atoms with van der Waals surface area (Å²) < 4.78 is 75.6. The Labute approximate surface area is 132 Å². The van der Waals surface area contributed by atoms with Crippen LogP contribution in [0.4, 0.5) is 8.78 Å². The Bertz CT molecular complexity index is 802. The first-order chi connectivity index (χ1) is 10.7. The summed E-state index contributed by atoms with van der Waals surface area (Å²) in [6.07, 6.45) is 0. The molecule has 0 aliphatic rings. The molecule has 9 heteroatoms. The second-order valence-electron chi connectivity index (χ2n) is 4.62. The van der Waals surface area contributed by atoms with Crippen molar-refractivity contribution < 1.29 is 25.6 Å². The quantitative estimate of drug-likeness (QED) is 0.795. The molecule has 124 valence electrons. The number of sulfone groups is 1. The maximum absolute atomic E-state index is 12.8. The lowest BCUT2D eigenvalue weighted by Gasteiger charge is -2.08. The van der Waals surface area contributed by atoms with Crippen LogP contribution in [0.15, 0.2) is 58.3 Å². The first-order valence-corrected chi connectivity index (χ1v) is 9.58. The van der Waals surface area contributed by atoms with Crippen molar-refractivity contribution in [2.45, 2.75) is 9.79 Å². The normalized spacial score (nSPS) is 12.3. The molecule has 5 nitrogen and oxygen atoms in total. The van der Waals surface area contributed by atoms with Crippen LogP contribution in [-0.4, -0.2) is 29.1 Å². The van der Waals surface area contributed by atoms with Crippen molar-refractivity contribution in [3.05, 3.63) is 60.2 Å². The monoisotopic (exact) mass is 361 g/mol. The molecule has 0 bridgehead atoms. The second-order valence-corrected chi connectivity index (χ2v) is 8.50. The average molecular weight is 361 g/mol. The number of hydrogen-bond donors (Lipinski definition) is 1. The molecule has 0 aromatic heterocycles. The summed E-state index contributed by atoms with van der Waals surface area (Å²) in [5, 5.41) is 0. The van der Waals surface area contributed by atoms with Crippen molar-refractivity contribution in [1.29, 1.82) is 0 Å². The van der Waals surface area contributed by atoms with Gasteiger partial charge in [-0.15, -0.1) is 0 Å². The molecule has 0 saturated carbocycles. The molecule has 2 rings (SSSR count). The van der Waals surface area contributed by atoms with E-state index in [2.05, 4.69) is 4.72 Å². The molecule has 0 heterocycles. The minimum Gasteiger partial charge on any atom is -0.224 e. The third kappa shape index (κ3) is 4.57. The van der Waals surface area contributed by atoms with E-state index in [1.54, 1.807) is 0 Å². The molecule has 0 aliphatic carbocycles. The Hall–Kier alpha value is -1.84. The minimum atomic E-state index is -3.93. The molecule has 0 unspecified atom stereocenters. The highest BCUT2D eigenvalue weighted by molar-refractivity contribution is 7.91. The lowest BCUT2D eigenvalue weighted by atomic mass is 10.4. The lowest BCUT2D eigenvalue weighted by molar-refractivity contribution is 0.580. The molecule has 0 aliphatic heterocycles. The number of nitrogens with one attached hydrogen (secondary N) is 1. The molecule has 23 heavy (non-hydrogen) atoms. The molecule has 0 spiro atoms. The van der Waals surface area contributed by atoms with Gasteiger partial charge in [-0.05, 0) is 48.5 Å².